The molecular weight excluding hydrogens is 259 g/mol. The van der Waals surface area contributed by atoms with Crippen LogP contribution in [0.25, 0.3) is 0 Å². The van der Waals surface area contributed by atoms with Gasteiger partial charge >= 0.3 is 0 Å². The Bertz CT molecular complexity index is 505. The first-order chi connectivity index (χ1) is 9.04. The average molecular weight is 278 g/mol. The molecule has 0 saturated carbocycles. The van der Waals surface area contributed by atoms with Crippen molar-refractivity contribution in [3.8, 4) is 0 Å². The molecule has 0 amide bonds. The zero-order valence-corrected chi connectivity index (χ0v) is 12.0. The maximum Gasteiger partial charge on any atom is 0.123 e. The van der Waals surface area contributed by atoms with Crippen molar-refractivity contribution in [1.82, 2.24) is 5.43 Å². The minimum Gasteiger partial charge on any atom is -0.271 e. The number of thiophene rings is 1. The summed E-state index contributed by atoms with van der Waals surface area (Å²) in [6.45, 7) is 4.24. The smallest absolute Gasteiger partial charge is 0.123 e. The van der Waals surface area contributed by atoms with Gasteiger partial charge in [0.25, 0.3) is 0 Å². The van der Waals surface area contributed by atoms with Crippen molar-refractivity contribution in [2.75, 3.05) is 0 Å². The van der Waals surface area contributed by atoms with E-state index in [2.05, 4.69) is 36.1 Å². The average Bonchev–Trinajstić information content (AvgIpc) is 2.89. The van der Waals surface area contributed by atoms with Gasteiger partial charge in [0, 0.05) is 11.5 Å². The van der Waals surface area contributed by atoms with Gasteiger partial charge in [0.05, 0.1) is 0 Å². The van der Waals surface area contributed by atoms with Gasteiger partial charge in [0.15, 0.2) is 0 Å². The lowest BCUT2D eigenvalue weighted by Crippen LogP contribution is -2.49. The lowest BCUT2D eigenvalue weighted by Gasteiger charge is -2.34. The second kappa shape index (κ2) is 5.82. The van der Waals surface area contributed by atoms with Crippen LogP contribution in [0.3, 0.4) is 0 Å². The molecule has 2 aromatic rings. The van der Waals surface area contributed by atoms with Gasteiger partial charge in [-0.15, -0.1) is 0 Å². The Morgan fingerprint density at radius 1 is 1.26 bits per heavy atom. The first kappa shape index (κ1) is 14.2. The molecule has 0 spiro atoms. The molecule has 0 aliphatic carbocycles. The number of halogens is 1. The number of rotatable bonds is 5. The van der Waals surface area contributed by atoms with Crippen LogP contribution in [-0.4, -0.2) is 6.04 Å². The summed E-state index contributed by atoms with van der Waals surface area (Å²) in [5, 5.41) is 4.19. The highest BCUT2D eigenvalue weighted by atomic mass is 32.1. The summed E-state index contributed by atoms with van der Waals surface area (Å²) in [6, 6.07) is 8.84. The standard InChI is InChI=1S/C15H19FN2S/c1-15(2,12-3-5-13(16)6-4-12)14(18-17)9-11-7-8-19-10-11/h3-8,10,14,18H,9,17H2,1-2H3. The van der Waals surface area contributed by atoms with Gasteiger partial charge in [-0.3, -0.25) is 11.3 Å². The molecule has 0 fully saturated rings. The van der Waals surface area contributed by atoms with Crippen LogP contribution in [0.1, 0.15) is 25.0 Å². The molecule has 1 aromatic heterocycles. The van der Waals surface area contributed by atoms with Crippen molar-refractivity contribution in [3.05, 3.63) is 58.0 Å². The molecule has 1 heterocycles. The summed E-state index contributed by atoms with van der Waals surface area (Å²) in [6.07, 6.45) is 0.852. The molecule has 19 heavy (non-hydrogen) atoms. The third kappa shape index (κ3) is 3.21. The molecule has 0 radical (unpaired) electrons. The molecule has 1 atom stereocenters. The number of hydrazine groups is 1. The topological polar surface area (TPSA) is 38.0 Å². The van der Waals surface area contributed by atoms with Crippen LogP contribution >= 0.6 is 11.3 Å². The summed E-state index contributed by atoms with van der Waals surface area (Å²) in [4.78, 5) is 0. The normalized spacial score (nSPS) is 13.5. The molecule has 4 heteroatoms. The van der Waals surface area contributed by atoms with E-state index in [0.717, 1.165) is 12.0 Å². The van der Waals surface area contributed by atoms with Gasteiger partial charge in [0.2, 0.25) is 0 Å². The fourth-order valence-corrected chi connectivity index (χ4v) is 2.93. The van der Waals surface area contributed by atoms with Crippen molar-refractivity contribution in [3.63, 3.8) is 0 Å². The molecule has 1 aromatic carbocycles. The lowest BCUT2D eigenvalue weighted by molar-refractivity contribution is 0.341. The van der Waals surface area contributed by atoms with E-state index < -0.39 is 0 Å². The Kier molecular flexibility index (Phi) is 4.34. The van der Waals surface area contributed by atoms with E-state index in [-0.39, 0.29) is 17.3 Å². The molecule has 3 N–H and O–H groups in total. The van der Waals surface area contributed by atoms with E-state index in [1.165, 1.54) is 17.7 Å². The second-order valence-electron chi connectivity index (χ2n) is 5.28. The second-order valence-corrected chi connectivity index (χ2v) is 6.06. The highest BCUT2D eigenvalue weighted by Gasteiger charge is 2.30. The SMILES string of the molecule is CC(C)(c1ccc(F)cc1)C(Cc1ccsc1)NN. The number of hydrogen-bond donors (Lipinski definition) is 2. The predicted octanol–water partition coefficient (Wildman–Crippen LogP) is 3.24. The van der Waals surface area contributed by atoms with E-state index in [0.29, 0.717) is 0 Å². The summed E-state index contributed by atoms with van der Waals surface area (Å²) >= 11 is 1.68. The minimum atomic E-state index is -0.213. The van der Waals surface area contributed by atoms with Crippen molar-refractivity contribution in [2.45, 2.75) is 31.7 Å². The van der Waals surface area contributed by atoms with Gasteiger partial charge < -0.3 is 0 Å². The maximum absolute atomic E-state index is 13.0. The van der Waals surface area contributed by atoms with Crippen LogP contribution in [0.5, 0.6) is 0 Å². The van der Waals surface area contributed by atoms with Gasteiger partial charge in [-0.2, -0.15) is 11.3 Å². The van der Waals surface area contributed by atoms with E-state index in [9.17, 15) is 4.39 Å². The quantitative estimate of drug-likeness (QED) is 0.651. The molecule has 0 bridgehead atoms. The zero-order chi connectivity index (χ0) is 13.9. The van der Waals surface area contributed by atoms with Gasteiger partial charge in [0.1, 0.15) is 5.82 Å². The van der Waals surface area contributed by atoms with Crippen molar-refractivity contribution in [2.24, 2.45) is 5.84 Å². The fraction of sp³-hybridized carbons (Fsp3) is 0.333. The van der Waals surface area contributed by atoms with Gasteiger partial charge in [-0.05, 0) is 46.5 Å². The molecular formula is C15H19FN2S. The maximum atomic E-state index is 13.0. The highest BCUT2D eigenvalue weighted by molar-refractivity contribution is 7.07. The van der Waals surface area contributed by atoms with E-state index in [4.69, 9.17) is 5.84 Å². The van der Waals surface area contributed by atoms with Gasteiger partial charge in [-0.1, -0.05) is 26.0 Å². The molecule has 0 aliphatic heterocycles. The summed E-state index contributed by atoms with van der Waals surface area (Å²) in [5.41, 5.74) is 5.07. The fourth-order valence-electron chi connectivity index (χ4n) is 2.25. The third-order valence-corrected chi connectivity index (χ3v) is 4.41. The molecule has 2 nitrogen and oxygen atoms in total. The molecule has 1 unspecified atom stereocenters. The molecule has 0 aliphatic rings. The number of benzene rings is 1. The highest BCUT2D eigenvalue weighted by Crippen LogP contribution is 2.29. The van der Waals surface area contributed by atoms with E-state index in [1.54, 1.807) is 11.3 Å². The van der Waals surface area contributed by atoms with Crippen molar-refractivity contribution in [1.29, 1.82) is 0 Å². The van der Waals surface area contributed by atoms with Crippen LogP contribution in [0, 0.1) is 5.82 Å². The van der Waals surface area contributed by atoms with E-state index in [1.807, 2.05) is 12.1 Å². The molecule has 2 rings (SSSR count). The van der Waals surface area contributed by atoms with E-state index >= 15 is 0 Å². The van der Waals surface area contributed by atoms with Crippen molar-refractivity contribution < 1.29 is 4.39 Å². The Hall–Kier alpha value is -1.23. The number of nitrogens with one attached hydrogen (secondary N) is 1. The minimum absolute atomic E-state index is 0.0903. The van der Waals surface area contributed by atoms with Crippen LogP contribution < -0.4 is 11.3 Å². The molecule has 102 valence electrons. The van der Waals surface area contributed by atoms with Crippen LogP contribution in [0.2, 0.25) is 0 Å². The third-order valence-electron chi connectivity index (χ3n) is 3.68. The summed E-state index contributed by atoms with van der Waals surface area (Å²) < 4.78 is 13.0. The molecule has 0 saturated heterocycles. The van der Waals surface area contributed by atoms with Crippen LogP contribution in [0.15, 0.2) is 41.1 Å². The monoisotopic (exact) mass is 278 g/mol. The predicted molar refractivity (Wildman–Crippen MR) is 78.6 cm³/mol. The lowest BCUT2D eigenvalue weighted by atomic mass is 9.76. The Balaban J connectivity index is 2.22. The largest absolute Gasteiger partial charge is 0.271 e. The van der Waals surface area contributed by atoms with Crippen LogP contribution in [-0.2, 0) is 11.8 Å². The Morgan fingerprint density at radius 2 is 1.95 bits per heavy atom. The summed E-state index contributed by atoms with van der Waals surface area (Å²) in [5.74, 6) is 5.51. The Morgan fingerprint density at radius 3 is 2.47 bits per heavy atom. The first-order valence-corrected chi connectivity index (χ1v) is 7.21. The van der Waals surface area contributed by atoms with Crippen molar-refractivity contribution >= 4 is 11.3 Å². The summed E-state index contributed by atoms with van der Waals surface area (Å²) in [7, 11) is 0. The van der Waals surface area contributed by atoms with Gasteiger partial charge in [-0.25, -0.2) is 4.39 Å². The van der Waals surface area contributed by atoms with Crippen LogP contribution in [0.4, 0.5) is 4.39 Å². The zero-order valence-electron chi connectivity index (χ0n) is 11.2. The first-order valence-electron chi connectivity index (χ1n) is 6.27. The number of nitrogens with two attached hydrogens (primary N) is 1. The Labute approximate surface area is 117 Å². The number of hydrogen-bond acceptors (Lipinski definition) is 3.